The van der Waals surface area contributed by atoms with E-state index in [1.54, 1.807) is 42.5 Å². The van der Waals surface area contributed by atoms with Crippen LogP contribution in [-0.2, 0) is 11.2 Å². The number of methoxy groups -OCH3 is 2. The molecule has 4 aromatic rings. The van der Waals surface area contributed by atoms with Gasteiger partial charge in [-0.05, 0) is 72.3 Å². The van der Waals surface area contributed by atoms with Crippen molar-refractivity contribution in [2.75, 3.05) is 27.4 Å². The van der Waals surface area contributed by atoms with Crippen molar-refractivity contribution in [1.82, 2.24) is 5.32 Å². The van der Waals surface area contributed by atoms with Crippen molar-refractivity contribution in [1.29, 1.82) is 0 Å². The van der Waals surface area contributed by atoms with Gasteiger partial charge in [-0.2, -0.15) is 0 Å². The van der Waals surface area contributed by atoms with Crippen LogP contribution < -0.4 is 29.7 Å². The van der Waals surface area contributed by atoms with E-state index in [0.29, 0.717) is 34.1 Å². The van der Waals surface area contributed by atoms with Gasteiger partial charge in [0.05, 0.1) is 24.5 Å². The predicted octanol–water partition coefficient (Wildman–Crippen LogP) is 5.48. The zero-order valence-electron chi connectivity index (χ0n) is 22.0. The van der Waals surface area contributed by atoms with Crippen LogP contribution in [0, 0.1) is 5.82 Å². The molecule has 0 saturated carbocycles. The summed E-state index contributed by atoms with van der Waals surface area (Å²) in [4.78, 5) is 36.8. The van der Waals surface area contributed by atoms with Gasteiger partial charge in [0.1, 0.15) is 30.4 Å². The number of rotatable bonds is 10. The van der Waals surface area contributed by atoms with Crippen LogP contribution in [0.2, 0.25) is 0 Å². The maximum Gasteiger partial charge on any atom is 0.290 e. The van der Waals surface area contributed by atoms with Crippen molar-refractivity contribution in [3.05, 3.63) is 93.2 Å². The number of hydrogen-bond acceptors (Lipinski definition) is 9. The van der Waals surface area contributed by atoms with Gasteiger partial charge in [0.25, 0.3) is 11.1 Å². The molecule has 3 aromatic carbocycles. The molecule has 1 fully saturated rings. The van der Waals surface area contributed by atoms with E-state index >= 15 is 0 Å². The highest BCUT2D eigenvalue weighted by Crippen LogP contribution is 2.37. The van der Waals surface area contributed by atoms with Crippen LogP contribution in [0.4, 0.5) is 9.18 Å². The summed E-state index contributed by atoms with van der Waals surface area (Å²) < 4.78 is 42.4. The summed E-state index contributed by atoms with van der Waals surface area (Å²) in [6.07, 6.45) is 2.12. The number of nitrogens with one attached hydrogen (secondary N) is 1. The molecule has 0 aliphatic carbocycles. The highest BCUT2D eigenvalue weighted by Gasteiger charge is 2.24. The second-order valence-corrected chi connectivity index (χ2v) is 9.77. The molecule has 1 aromatic heterocycles. The van der Waals surface area contributed by atoms with E-state index in [9.17, 15) is 18.8 Å². The quantitative estimate of drug-likeness (QED) is 0.193. The first-order valence-corrected chi connectivity index (χ1v) is 13.2. The molecule has 5 rings (SSSR count). The first-order valence-electron chi connectivity index (χ1n) is 12.4. The zero-order chi connectivity index (χ0) is 28.9. The Morgan fingerprint density at radius 2 is 1.73 bits per heavy atom. The average molecular weight is 578 g/mol. The Morgan fingerprint density at radius 1 is 0.927 bits per heavy atom. The fourth-order valence-corrected chi connectivity index (χ4v) is 4.84. The molecule has 41 heavy (non-hydrogen) atoms. The molecular formula is C30H24FNO8S. The van der Waals surface area contributed by atoms with Crippen LogP contribution in [0.1, 0.15) is 5.56 Å². The Balaban J connectivity index is 1.34. The molecule has 1 saturated heterocycles. The van der Waals surface area contributed by atoms with Crippen molar-refractivity contribution < 1.29 is 37.3 Å². The number of thioether (sulfide) groups is 1. The number of fused-ring (bicyclic) bond motifs is 1. The van der Waals surface area contributed by atoms with Gasteiger partial charge in [0, 0.05) is 5.56 Å². The first kappa shape index (κ1) is 27.8. The SMILES string of the molecule is COc1ccc(-c2oc3ccc(F)cc3c(=O)c2OCCOc2cccc(CC=C3SC(=O)NC3=O)c2)cc1OC. The summed E-state index contributed by atoms with van der Waals surface area (Å²) in [5.74, 6) is 0.547. The number of carbonyl (C=O) groups is 2. The zero-order valence-corrected chi connectivity index (χ0v) is 22.8. The highest BCUT2D eigenvalue weighted by molar-refractivity contribution is 8.18. The van der Waals surface area contributed by atoms with E-state index in [4.69, 9.17) is 23.4 Å². The molecule has 1 N–H and O–H groups in total. The molecule has 1 aliphatic heterocycles. The van der Waals surface area contributed by atoms with Crippen LogP contribution in [0.15, 0.2) is 80.9 Å². The lowest BCUT2D eigenvalue weighted by atomic mass is 10.1. The van der Waals surface area contributed by atoms with Gasteiger partial charge in [-0.1, -0.05) is 18.2 Å². The molecular weight excluding hydrogens is 553 g/mol. The molecule has 0 radical (unpaired) electrons. The van der Waals surface area contributed by atoms with Crippen molar-refractivity contribution in [3.8, 4) is 34.3 Å². The minimum atomic E-state index is -0.577. The third-order valence-corrected chi connectivity index (χ3v) is 6.98. The van der Waals surface area contributed by atoms with E-state index in [0.717, 1.165) is 23.4 Å². The molecule has 0 unspecified atom stereocenters. The third kappa shape index (κ3) is 6.20. The van der Waals surface area contributed by atoms with Crippen LogP contribution >= 0.6 is 11.8 Å². The predicted molar refractivity (Wildman–Crippen MR) is 151 cm³/mol. The Kier molecular flexibility index (Phi) is 8.25. The van der Waals surface area contributed by atoms with Gasteiger partial charge in [-0.15, -0.1) is 0 Å². The van der Waals surface area contributed by atoms with Gasteiger partial charge in [0.15, 0.2) is 17.3 Å². The molecule has 9 nitrogen and oxygen atoms in total. The number of ether oxygens (including phenoxy) is 4. The van der Waals surface area contributed by atoms with E-state index in [1.165, 1.54) is 26.4 Å². The van der Waals surface area contributed by atoms with Crippen LogP contribution in [-0.4, -0.2) is 38.6 Å². The number of imide groups is 1. The molecule has 2 amide bonds. The number of halogens is 1. The van der Waals surface area contributed by atoms with Crippen LogP contribution in [0.3, 0.4) is 0 Å². The largest absolute Gasteiger partial charge is 0.493 e. The number of hydrogen-bond donors (Lipinski definition) is 1. The Bertz CT molecular complexity index is 1730. The van der Waals surface area contributed by atoms with Crippen LogP contribution in [0.5, 0.6) is 23.0 Å². The smallest absolute Gasteiger partial charge is 0.290 e. The highest BCUT2D eigenvalue weighted by atomic mass is 32.2. The summed E-state index contributed by atoms with van der Waals surface area (Å²) in [6.45, 7) is 0.0718. The lowest BCUT2D eigenvalue weighted by Gasteiger charge is -2.14. The fourth-order valence-electron chi connectivity index (χ4n) is 4.19. The monoisotopic (exact) mass is 577 g/mol. The lowest BCUT2D eigenvalue weighted by molar-refractivity contribution is -0.115. The third-order valence-electron chi connectivity index (χ3n) is 6.12. The number of benzene rings is 3. The number of carbonyl (C=O) groups excluding carboxylic acids is 2. The van der Waals surface area contributed by atoms with Crippen molar-refractivity contribution in [2.24, 2.45) is 0 Å². The van der Waals surface area contributed by atoms with Gasteiger partial charge >= 0.3 is 0 Å². The molecule has 1 aliphatic rings. The number of amides is 2. The summed E-state index contributed by atoms with van der Waals surface area (Å²) in [5, 5.41) is 1.88. The maximum absolute atomic E-state index is 13.9. The molecule has 11 heteroatoms. The summed E-state index contributed by atoms with van der Waals surface area (Å²) in [7, 11) is 3.01. The fraction of sp³-hybridized carbons (Fsp3) is 0.167. The van der Waals surface area contributed by atoms with Crippen molar-refractivity contribution in [3.63, 3.8) is 0 Å². The van der Waals surface area contributed by atoms with Gasteiger partial charge < -0.3 is 23.4 Å². The van der Waals surface area contributed by atoms with E-state index in [1.807, 2.05) is 6.07 Å². The van der Waals surface area contributed by atoms with Crippen molar-refractivity contribution >= 4 is 33.9 Å². The van der Waals surface area contributed by atoms with Gasteiger partial charge in [-0.25, -0.2) is 4.39 Å². The van der Waals surface area contributed by atoms with E-state index in [2.05, 4.69) is 5.32 Å². The molecule has 0 bridgehead atoms. The minimum absolute atomic E-state index is 0.0148. The molecule has 210 valence electrons. The normalized spacial score (nSPS) is 13.9. The second kappa shape index (κ2) is 12.2. The summed E-state index contributed by atoms with van der Waals surface area (Å²) in [5.41, 5.74) is 1.04. The van der Waals surface area contributed by atoms with E-state index in [-0.39, 0.29) is 35.7 Å². The Labute approximate surface area is 237 Å². The topological polar surface area (TPSA) is 113 Å². The summed E-state index contributed by atoms with van der Waals surface area (Å²) >= 11 is 0.864. The maximum atomic E-state index is 13.9. The van der Waals surface area contributed by atoms with Crippen LogP contribution in [0.25, 0.3) is 22.3 Å². The second-order valence-electron chi connectivity index (χ2n) is 8.76. The summed E-state index contributed by atoms with van der Waals surface area (Å²) in [6, 6.07) is 16.0. The van der Waals surface area contributed by atoms with E-state index < -0.39 is 22.4 Å². The standard InChI is InChI=1S/C30H24FNO8S/c1-36-23-9-7-18(15-24(23)37-2)27-28(26(33)21-16-19(31)8-10-22(21)40-27)39-13-12-38-20-5-3-4-17(14-20)6-11-25-29(34)32-30(35)41-25/h3-5,7-11,14-16H,6,12-13H2,1-2H3,(H,32,34,35). The molecule has 0 spiro atoms. The Morgan fingerprint density at radius 3 is 2.49 bits per heavy atom. The lowest BCUT2D eigenvalue weighted by Crippen LogP contribution is -2.17. The van der Waals surface area contributed by atoms with Gasteiger partial charge in [0.2, 0.25) is 11.2 Å². The minimum Gasteiger partial charge on any atom is -0.493 e. The number of allylic oxidation sites excluding steroid dienone is 1. The first-order chi connectivity index (χ1) is 19.9. The molecule has 0 atom stereocenters. The van der Waals surface area contributed by atoms with Crippen molar-refractivity contribution in [2.45, 2.75) is 6.42 Å². The van der Waals surface area contributed by atoms with Gasteiger partial charge in [-0.3, -0.25) is 19.7 Å². The average Bonchev–Trinajstić information content (AvgIpc) is 3.31. The molecule has 2 heterocycles. The Hall–Kier alpha value is -4.77.